The summed E-state index contributed by atoms with van der Waals surface area (Å²) in [5.41, 5.74) is -0.678. The second-order valence-electron chi connectivity index (χ2n) is 6.17. The average Bonchev–Trinajstić information content (AvgIpc) is 2.76. The third kappa shape index (κ3) is 2.56. The van der Waals surface area contributed by atoms with Gasteiger partial charge in [-0.15, -0.1) is 0 Å². The lowest BCUT2D eigenvalue weighted by Crippen LogP contribution is -2.54. The molecule has 1 heterocycles. The number of imide groups is 1. The molecule has 1 saturated carbocycles. The highest BCUT2D eigenvalue weighted by Gasteiger charge is 2.54. The number of hydrogen-bond acceptors (Lipinski definition) is 3. The van der Waals surface area contributed by atoms with Crippen LogP contribution in [0.2, 0.25) is 0 Å². The summed E-state index contributed by atoms with van der Waals surface area (Å²) in [6.07, 6.45) is 3.85. The van der Waals surface area contributed by atoms with E-state index in [1.165, 1.54) is 4.90 Å². The first-order valence-corrected chi connectivity index (χ1v) is 7.95. The van der Waals surface area contributed by atoms with Crippen molar-refractivity contribution < 1.29 is 14.3 Å². The number of hydrogen-bond donors (Lipinski definition) is 1. The van der Waals surface area contributed by atoms with Crippen molar-refractivity contribution in [1.82, 2.24) is 10.2 Å². The van der Waals surface area contributed by atoms with E-state index >= 15 is 0 Å². The minimum absolute atomic E-state index is 0.0821. The molecule has 1 spiro atoms. The van der Waals surface area contributed by atoms with Crippen molar-refractivity contribution >= 4 is 11.9 Å². The van der Waals surface area contributed by atoms with E-state index in [-0.39, 0.29) is 24.4 Å². The molecule has 2 unspecified atom stereocenters. The molecule has 0 bridgehead atoms. The first-order chi connectivity index (χ1) is 10.6. The zero-order valence-corrected chi connectivity index (χ0v) is 12.9. The molecule has 2 fully saturated rings. The quantitative estimate of drug-likeness (QED) is 0.870. The summed E-state index contributed by atoms with van der Waals surface area (Å²) >= 11 is 0. The third-order valence-electron chi connectivity index (χ3n) is 4.83. The number of para-hydroxylation sites is 1. The fourth-order valence-corrected chi connectivity index (χ4v) is 3.47. The van der Waals surface area contributed by atoms with Crippen molar-refractivity contribution in [2.45, 2.75) is 38.1 Å². The standard InChI is InChI=1S/C17H22N2O3/c1-13-7-5-6-10-17(13)15(20)19(16(21)18-17)11-12-22-14-8-3-2-4-9-14/h2-4,8-9,13H,5-7,10-12H2,1H3,(H,18,21). The van der Waals surface area contributed by atoms with Crippen LogP contribution in [0.15, 0.2) is 30.3 Å². The van der Waals surface area contributed by atoms with Crippen LogP contribution < -0.4 is 10.1 Å². The van der Waals surface area contributed by atoms with Gasteiger partial charge in [-0.2, -0.15) is 0 Å². The molecule has 1 aliphatic carbocycles. The predicted octanol–water partition coefficient (Wildman–Crippen LogP) is 2.57. The van der Waals surface area contributed by atoms with Gasteiger partial charge in [-0.1, -0.05) is 38.0 Å². The summed E-state index contributed by atoms with van der Waals surface area (Å²) in [6, 6.07) is 9.13. The van der Waals surface area contributed by atoms with Crippen molar-refractivity contribution in [2.24, 2.45) is 5.92 Å². The molecule has 2 aliphatic rings. The number of rotatable bonds is 4. The van der Waals surface area contributed by atoms with E-state index in [0.717, 1.165) is 31.4 Å². The van der Waals surface area contributed by atoms with Crippen LogP contribution in [0.4, 0.5) is 4.79 Å². The Bertz CT molecular complexity index is 560. The van der Waals surface area contributed by atoms with Crippen LogP contribution >= 0.6 is 0 Å². The van der Waals surface area contributed by atoms with Crippen molar-refractivity contribution in [3.05, 3.63) is 30.3 Å². The van der Waals surface area contributed by atoms with E-state index in [0.29, 0.717) is 6.61 Å². The van der Waals surface area contributed by atoms with Gasteiger partial charge in [0.25, 0.3) is 5.91 Å². The Kier molecular flexibility index (Phi) is 4.05. The molecule has 0 radical (unpaired) electrons. The van der Waals surface area contributed by atoms with Gasteiger partial charge in [-0.05, 0) is 30.9 Å². The van der Waals surface area contributed by atoms with Crippen molar-refractivity contribution in [3.8, 4) is 5.75 Å². The zero-order chi connectivity index (χ0) is 15.6. The second kappa shape index (κ2) is 5.99. The number of nitrogens with zero attached hydrogens (tertiary/aromatic N) is 1. The van der Waals surface area contributed by atoms with Crippen molar-refractivity contribution in [1.29, 1.82) is 0 Å². The molecule has 0 aromatic heterocycles. The second-order valence-corrected chi connectivity index (χ2v) is 6.17. The largest absolute Gasteiger partial charge is 0.492 e. The fraction of sp³-hybridized carbons (Fsp3) is 0.529. The fourth-order valence-electron chi connectivity index (χ4n) is 3.47. The monoisotopic (exact) mass is 302 g/mol. The van der Waals surface area contributed by atoms with Gasteiger partial charge in [-0.3, -0.25) is 9.69 Å². The van der Waals surface area contributed by atoms with Crippen molar-refractivity contribution in [2.75, 3.05) is 13.2 Å². The van der Waals surface area contributed by atoms with Gasteiger partial charge in [-0.25, -0.2) is 4.79 Å². The molecule has 2 atom stereocenters. The summed E-state index contributed by atoms with van der Waals surface area (Å²) < 4.78 is 5.59. The van der Waals surface area contributed by atoms with E-state index < -0.39 is 5.54 Å². The molecule has 5 nitrogen and oxygen atoms in total. The van der Waals surface area contributed by atoms with Crippen molar-refractivity contribution in [3.63, 3.8) is 0 Å². The van der Waals surface area contributed by atoms with Gasteiger partial charge < -0.3 is 10.1 Å². The maximum Gasteiger partial charge on any atom is 0.325 e. The number of ether oxygens (including phenoxy) is 1. The lowest BCUT2D eigenvalue weighted by atomic mass is 9.73. The average molecular weight is 302 g/mol. The SMILES string of the molecule is CC1CCCCC12NC(=O)N(CCOc1ccccc1)C2=O. The number of nitrogens with one attached hydrogen (secondary N) is 1. The Morgan fingerprint density at radius 1 is 1.27 bits per heavy atom. The third-order valence-corrected chi connectivity index (χ3v) is 4.83. The normalized spacial score (nSPS) is 28.0. The van der Waals surface area contributed by atoms with E-state index in [2.05, 4.69) is 12.2 Å². The summed E-state index contributed by atoms with van der Waals surface area (Å²) in [4.78, 5) is 26.2. The zero-order valence-electron chi connectivity index (χ0n) is 12.9. The Balaban J connectivity index is 1.62. The van der Waals surface area contributed by atoms with Crippen LogP contribution in [-0.2, 0) is 4.79 Å². The number of carbonyl (C=O) groups excluding carboxylic acids is 2. The highest BCUT2D eigenvalue weighted by molar-refractivity contribution is 6.07. The topological polar surface area (TPSA) is 58.6 Å². The van der Waals surface area contributed by atoms with Gasteiger partial charge in [0.2, 0.25) is 0 Å². The molecule has 1 aromatic rings. The first kappa shape index (κ1) is 14.9. The van der Waals surface area contributed by atoms with Gasteiger partial charge in [0.05, 0.1) is 6.54 Å². The smallest absolute Gasteiger partial charge is 0.325 e. The van der Waals surface area contributed by atoms with Gasteiger partial charge >= 0.3 is 6.03 Å². The summed E-state index contributed by atoms with van der Waals surface area (Å²) in [5.74, 6) is 0.856. The Labute approximate surface area is 130 Å². The minimum atomic E-state index is -0.678. The van der Waals surface area contributed by atoms with Gasteiger partial charge in [0, 0.05) is 0 Å². The lowest BCUT2D eigenvalue weighted by molar-refractivity contribution is -0.134. The van der Waals surface area contributed by atoms with E-state index in [1.54, 1.807) is 0 Å². The minimum Gasteiger partial charge on any atom is -0.492 e. The summed E-state index contributed by atoms with van der Waals surface area (Å²) in [7, 11) is 0. The molecule has 1 N–H and O–H groups in total. The van der Waals surface area contributed by atoms with E-state index in [9.17, 15) is 9.59 Å². The van der Waals surface area contributed by atoms with Crippen LogP contribution in [0.1, 0.15) is 32.6 Å². The van der Waals surface area contributed by atoms with Gasteiger partial charge in [0.15, 0.2) is 0 Å². The van der Waals surface area contributed by atoms with Gasteiger partial charge in [0.1, 0.15) is 17.9 Å². The number of urea groups is 1. The predicted molar refractivity (Wildman–Crippen MR) is 82.5 cm³/mol. The molecule has 3 amide bonds. The Hall–Kier alpha value is -2.04. The summed E-state index contributed by atoms with van der Waals surface area (Å²) in [5, 5.41) is 2.95. The first-order valence-electron chi connectivity index (χ1n) is 7.95. The molecule has 118 valence electrons. The molecule has 1 aromatic carbocycles. The van der Waals surface area contributed by atoms with Crippen LogP contribution in [-0.4, -0.2) is 35.5 Å². The molecule has 22 heavy (non-hydrogen) atoms. The van der Waals surface area contributed by atoms with Crippen LogP contribution in [0, 0.1) is 5.92 Å². The number of benzene rings is 1. The molecular weight excluding hydrogens is 280 g/mol. The summed E-state index contributed by atoms with van der Waals surface area (Å²) in [6.45, 7) is 2.66. The Morgan fingerprint density at radius 3 is 2.77 bits per heavy atom. The highest BCUT2D eigenvalue weighted by atomic mass is 16.5. The van der Waals surface area contributed by atoms with E-state index in [1.807, 2.05) is 30.3 Å². The van der Waals surface area contributed by atoms with E-state index in [4.69, 9.17) is 4.74 Å². The number of carbonyl (C=O) groups is 2. The highest BCUT2D eigenvalue weighted by Crippen LogP contribution is 2.38. The molecule has 5 heteroatoms. The number of amides is 3. The van der Waals surface area contributed by atoms with Crippen LogP contribution in [0.5, 0.6) is 5.75 Å². The molecule has 1 aliphatic heterocycles. The molecule has 3 rings (SSSR count). The van der Waals surface area contributed by atoms with Crippen LogP contribution in [0.25, 0.3) is 0 Å². The Morgan fingerprint density at radius 2 is 2.05 bits per heavy atom. The molecule has 1 saturated heterocycles. The maximum absolute atomic E-state index is 12.7. The molecular formula is C17H22N2O3. The lowest BCUT2D eigenvalue weighted by Gasteiger charge is -2.36. The maximum atomic E-state index is 12.7. The van der Waals surface area contributed by atoms with Crippen LogP contribution in [0.3, 0.4) is 0 Å².